The normalized spacial score (nSPS) is 10.7. The molecule has 3 heterocycles. The van der Waals surface area contributed by atoms with Crippen LogP contribution >= 0.6 is 0 Å². The molecule has 0 aliphatic heterocycles. The molecule has 3 aromatic heterocycles. The topological polar surface area (TPSA) is 89.6 Å². The fraction of sp³-hybridized carbons (Fsp3) is 0.130. The molecule has 6 nitrogen and oxygen atoms in total. The first-order valence-corrected chi connectivity index (χ1v) is 9.48. The minimum Gasteiger partial charge on any atom is -0.384 e. The van der Waals surface area contributed by atoms with E-state index in [-0.39, 0.29) is 0 Å². The molecule has 29 heavy (non-hydrogen) atoms. The Hall–Kier alpha value is -3.80. The first-order valence-electron chi connectivity index (χ1n) is 9.48. The van der Waals surface area contributed by atoms with Crippen LogP contribution in [0.2, 0.25) is 0 Å². The van der Waals surface area contributed by atoms with Gasteiger partial charge in [-0.15, -0.1) is 0 Å². The first kappa shape index (κ1) is 18.6. The molecule has 0 amide bonds. The standard InChI is InChI=1S/C23H22N6/c1-16-4-6-18(7-5-16)22-20(19-8-9-21(24)27-14-19)15-28-23(29-22)26-12-10-17-3-2-11-25-13-17/h2-9,11,13-15H,10,12H2,1H3,(H2,24,27)(H,26,28,29). The number of hydrogen-bond acceptors (Lipinski definition) is 6. The number of pyridine rings is 2. The van der Waals surface area contributed by atoms with Crippen LogP contribution in [0.4, 0.5) is 11.8 Å². The lowest BCUT2D eigenvalue weighted by atomic mass is 10.0. The van der Waals surface area contributed by atoms with Crippen LogP contribution in [0.1, 0.15) is 11.1 Å². The number of rotatable bonds is 6. The maximum absolute atomic E-state index is 5.74. The zero-order valence-electron chi connectivity index (χ0n) is 16.2. The van der Waals surface area contributed by atoms with Gasteiger partial charge in [-0.2, -0.15) is 0 Å². The van der Waals surface area contributed by atoms with Crippen molar-refractivity contribution in [2.75, 3.05) is 17.6 Å². The van der Waals surface area contributed by atoms with Crippen LogP contribution in [0.3, 0.4) is 0 Å². The summed E-state index contributed by atoms with van der Waals surface area (Å²) in [7, 11) is 0. The van der Waals surface area contributed by atoms with E-state index < -0.39 is 0 Å². The van der Waals surface area contributed by atoms with E-state index in [0.717, 1.165) is 35.3 Å². The number of nitrogens with two attached hydrogens (primary N) is 1. The molecule has 1 aromatic carbocycles. The molecule has 0 spiro atoms. The molecular weight excluding hydrogens is 360 g/mol. The second-order valence-corrected chi connectivity index (χ2v) is 6.83. The van der Waals surface area contributed by atoms with Gasteiger partial charge in [0.1, 0.15) is 5.82 Å². The van der Waals surface area contributed by atoms with Crippen molar-refractivity contribution < 1.29 is 0 Å². The Morgan fingerprint density at radius 3 is 2.45 bits per heavy atom. The van der Waals surface area contributed by atoms with Crippen molar-refractivity contribution in [2.45, 2.75) is 13.3 Å². The van der Waals surface area contributed by atoms with E-state index in [4.69, 9.17) is 10.7 Å². The van der Waals surface area contributed by atoms with Gasteiger partial charge in [0, 0.05) is 48.0 Å². The molecule has 0 atom stereocenters. The third-order valence-corrected chi connectivity index (χ3v) is 4.63. The molecule has 3 N–H and O–H groups in total. The van der Waals surface area contributed by atoms with Crippen LogP contribution in [-0.4, -0.2) is 26.5 Å². The number of anilines is 2. The highest BCUT2D eigenvalue weighted by atomic mass is 15.1. The van der Waals surface area contributed by atoms with Gasteiger partial charge in [0.25, 0.3) is 0 Å². The van der Waals surface area contributed by atoms with Gasteiger partial charge in [-0.05, 0) is 37.1 Å². The Morgan fingerprint density at radius 2 is 1.72 bits per heavy atom. The summed E-state index contributed by atoms with van der Waals surface area (Å²) in [5, 5.41) is 3.32. The minimum absolute atomic E-state index is 0.486. The summed E-state index contributed by atoms with van der Waals surface area (Å²) in [5.41, 5.74) is 11.8. The summed E-state index contributed by atoms with van der Waals surface area (Å²) in [5.74, 6) is 1.08. The van der Waals surface area contributed by atoms with Gasteiger partial charge < -0.3 is 11.1 Å². The van der Waals surface area contributed by atoms with Crippen LogP contribution in [-0.2, 0) is 6.42 Å². The van der Waals surface area contributed by atoms with Crippen LogP contribution in [0.15, 0.2) is 73.3 Å². The highest BCUT2D eigenvalue weighted by Gasteiger charge is 2.12. The van der Waals surface area contributed by atoms with Crippen LogP contribution in [0.5, 0.6) is 0 Å². The van der Waals surface area contributed by atoms with Crippen molar-refractivity contribution in [1.29, 1.82) is 0 Å². The van der Waals surface area contributed by atoms with E-state index in [9.17, 15) is 0 Å². The zero-order valence-corrected chi connectivity index (χ0v) is 16.2. The van der Waals surface area contributed by atoms with Gasteiger partial charge in [-0.1, -0.05) is 35.9 Å². The highest BCUT2D eigenvalue weighted by Crippen LogP contribution is 2.31. The van der Waals surface area contributed by atoms with Crippen molar-refractivity contribution in [1.82, 2.24) is 19.9 Å². The smallest absolute Gasteiger partial charge is 0.223 e. The van der Waals surface area contributed by atoms with E-state index in [1.807, 2.05) is 24.5 Å². The highest BCUT2D eigenvalue weighted by molar-refractivity contribution is 5.80. The molecule has 6 heteroatoms. The Kier molecular flexibility index (Phi) is 5.42. The lowest BCUT2D eigenvalue weighted by molar-refractivity contribution is 0.976. The maximum Gasteiger partial charge on any atom is 0.223 e. The van der Waals surface area contributed by atoms with Gasteiger partial charge in [0.15, 0.2) is 0 Å². The first-order chi connectivity index (χ1) is 14.2. The zero-order chi connectivity index (χ0) is 20.1. The molecule has 0 saturated heterocycles. The molecule has 0 unspecified atom stereocenters. The summed E-state index contributed by atoms with van der Waals surface area (Å²) in [6.07, 6.45) is 8.08. The van der Waals surface area contributed by atoms with Crippen LogP contribution in [0.25, 0.3) is 22.4 Å². The third kappa shape index (κ3) is 4.55. The van der Waals surface area contributed by atoms with E-state index in [1.54, 1.807) is 18.5 Å². The van der Waals surface area contributed by atoms with Gasteiger partial charge in [-0.25, -0.2) is 15.0 Å². The van der Waals surface area contributed by atoms with Crippen molar-refractivity contribution in [2.24, 2.45) is 0 Å². The number of hydrogen-bond donors (Lipinski definition) is 2. The minimum atomic E-state index is 0.486. The molecule has 144 valence electrons. The summed E-state index contributed by atoms with van der Waals surface area (Å²) < 4.78 is 0. The maximum atomic E-state index is 5.74. The average Bonchev–Trinajstić information content (AvgIpc) is 2.76. The molecule has 0 radical (unpaired) electrons. The second-order valence-electron chi connectivity index (χ2n) is 6.83. The van der Waals surface area contributed by atoms with Crippen molar-refractivity contribution >= 4 is 11.8 Å². The number of benzene rings is 1. The summed E-state index contributed by atoms with van der Waals surface area (Å²) in [6, 6.07) is 16.0. The monoisotopic (exact) mass is 382 g/mol. The predicted molar refractivity (Wildman–Crippen MR) is 116 cm³/mol. The van der Waals surface area contributed by atoms with Gasteiger partial charge in [0.2, 0.25) is 5.95 Å². The van der Waals surface area contributed by atoms with Crippen LogP contribution in [0, 0.1) is 6.92 Å². The quantitative estimate of drug-likeness (QED) is 0.521. The van der Waals surface area contributed by atoms with Gasteiger partial charge in [-0.3, -0.25) is 4.98 Å². The van der Waals surface area contributed by atoms with Crippen molar-refractivity contribution in [3.8, 4) is 22.4 Å². The Bertz CT molecular complexity index is 1080. The lowest BCUT2D eigenvalue weighted by Gasteiger charge is -2.12. The lowest BCUT2D eigenvalue weighted by Crippen LogP contribution is -2.09. The number of nitrogens with one attached hydrogen (secondary N) is 1. The Morgan fingerprint density at radius 1 is 0.897 bits per heavy atom. The molecule has 4 aromatic rings. The SMILES string of the molecule is Cc1ccc(-c2nc(NCCc3cccnc3)ncc2-c2ccc(N)nc2)cc1. The predicted octanol–water partition coefficient (Wildman–Crippen LogP) is 4.15. The average molecular weight is 382 g/mol. The van der Waals surface area contributed by atoms with E-state index >= 15 is 0 Å². The second kappa shape index (κ2) is 8.48. The molecule has 0 aliphatic carbocycles. The number of nitrogens with zero attached hydrogens (tertiary/aromatic N) is 4. The molecular formula is C23H22N6. The van der Waals surface area contributed by atoms with Gasteiger partial charge in [0.05, 0.1) is 5.69 Å². The molecule has 0 bridgehead atoms. The van der Waals surface area contributed by atoms with Gasteiger partial charge >= 0.3 is 0 Å². The molecule has 4 rings (SSSR count). The largest absolute Gasteiger partial charge is 0.384 e. The third-order valence-electron chi connectivity index (χ3n) is 4.63. The molecule has 0 saturated carbocycles. The molecule has 0 aliphatic rings. The van der Waals surface area contributed by atoms with E-state index in [2.05, 4.69) is 57.5 Å². The fourth-order valence-electron chi connectivity index (χ4n) is 3.04. The molecule has 0 fully saturated rings. The number of aryl methyl sites for hydroxylation is 1. The number of aromatic nitrogens is 4. The summed E-state index contributed by atoms with van der Waals surface area (Å²) in [6.45, 7) is 2.79. The Labute approximate surface area is 169 Å². The number of nitrogen functional groups attached to an aromatic ring is 1. The Balaban J connectivity index is 1.63. The summed E-state index contributed by atoms with van der Waals surface area (Å²) in [4.78, 5) is 17.7. The fourth-order valence-corrected chi connectivity index (χ4v) is 3.04. The van der Waals surface area contributed by atoms with Crippen molar-refractivity contribution in [3.05, 3.63) is 84.4 Å². The summed E-state index contributed by atoms with van der Waals surface area (Å²) >= 11 is 0. The van der Waals surface area contributed by atoms with Crippen LogP contribution < -0.4 is 11.1 Å². The van der Waals surface area contributed by atoms with E-state index in [0.29, 0.717) is 11.8 Å². The van der Waals surface area contributed by atoms with Crippen molar-refractivity contribution in [3.63, 3.8) is 0 Å². The van der Waals surface area contributed by atoms with E-state index in [1.165, 1.54) is 11.1 Å².